The number of aromatic nitrogens is 3. The molecule has 0 fully saturated rings. The number of pyridine rings is 1. The number of hydrogen-bond donors (Lipinski definition) is 1. The molecule has 3 aromatic rings. The fourth-order valence-corrected chi connectivity index (χ4v) is 3.10. The van der Waals surface area contributed by atoms with Gasteiger partial charge >= 0.3 is 0 Å². The lowest BCUT2D eigenvalue weighted by Gasteiger charge is -2.02. The van der Waals surface area contributed by atoms with E-state index in [0.717, 1.165) is 27.3 Å². The molecule has 0 amide bonds. The molecule has 0 bridgehead atoms. The van der Waals surface area contributed by atoms with Crippen molar-refractivity contribution in [2.45, 2.75) is 32.9 Å². The van der Waals surface area contributed by atoms with Crippen LogP contribution in [0.4, 0.5) is 0 Å². The molecule has 20 heavy (non-hydrogen) atoms. The number of aliphatic hydroxyl groups is 1. The molecule has 4 nitrogen and oxygen atoms in total. The predicted octanol–water partition coefficient (Wildman–Crippen LogP) is 3.16. The monoisotopic (exact) mass is 287 g/mol. The van der Waals surface area contributed by atoms with Crippen molar-refractivity contribution >= 4 is 22.4 Å². The molecule has 0 radical (unpaired) electrons. The van der Waals surface area contributed by atoms with E-state index >= 15 is 0 Å². The maximum Gasteiger partial charge on any atom is 0.140 e. The van der Waals surface area contributed by atoms with Gasteiger partial charge in [0, 0.05) is 34.6 Å². The number of nitrogens with zero attached hydrogens (tertiary/aromatic N) is 3. The first-order valence-corrected chi connectivity index (χ1v) is 7.55. The van der Waals surface area contributed by atoms with E-state index in [-0.39, 0.29) is 6.61 Å². The van der Waals surface area contributed by atoms with Gasteiger partial charge in [-0.1, -0.05) is 13.8 Å². The minimum absolute atomic E-state index is 0.0313. The van der Waals surface area contributed by atoms with Crippen LogP contribution in [0.25, 0.3) is 11.0 Å². The molecule has 0 aliphatic carbocycles. The van der Waals surface area contributed by atoms with Crippen molar-refractivity contribution in [3.05, 3.63) is 46.2 Å². The largest absolute Gasteiger partial charge is 0.392 e. The third kappa shape index (κ3) is 2.34. The highest BCUT2D eigenvalue weighted by molar-refractivity contribution is 7.09. The molecule has 0 saturated heterocycles. The Kier molecular flexibility index (Phi) is 3.54. The van der Waals surface area contributed by atoms with Gasteiger partial charge in [-0.3, -0.25) is 0 Å². The number of rotatable bonds is 4. The first-order valence-electron chi connectivity index (χ1n) is 6.67. The molecular formula is C15H17N3OS. The molecule has 3 rings (SSSR count). The molecule has 0 aliphatic heterocycles. The van der Waals surface area contributed by atoms with Crippen LogP contribution in [0.2, 0.25) is 0 Å². The fraction of sp³-hybridized carbons (Fsp3) is 0.333. The number of hydrogen-bond acceptors (Lipinski definition) is 4. The summed E-state index contributed by atoms with van der Waals surface area (Å²) in [6.07, 6.45) is 3.74. The lowest BCUT2D eigenvalue weighted by Crippen LogP contribution is -2.00. The van der Waals surface area contributed by atoms with Crippen molar-refractivity contribution < 1.29 is 5.11 Å². The summed E-state index contributed by atoms with van der Waals surface area (Å²) in [7, 11) is 0. The lowest BCUT2D eigenvalue weighted by molar-refractivity contribution is 0.283. The maximum atomic E-state index is 9.44. The maximum absolute atomic E-state index is 9.44. The van der Waals surface area contributed by atoms with E-state index in [1.807, 2.05) is 18.3 Å². The first-order chi connectivity index (χ1) is 9.69. The van der Waals surface area contributed by atoms with Gasteiger partial charge in [-0.05, 0) is 12.1 Å². The zero-order valence-electron chi connectivity index (χ0n) is 11.6. The lowest BCUT2D eigenvalue weighted by atomic mass is 10.2. The van der Waals surface area contributed by atoms with Gasteiger partial charge in [-0.15, -0.1) is 11.3 Å². The van der Waals surface area contributed by atoms with Crippen LogP contribution in [0, 0.1) is 0 Å². The SMILES string of the molecule is CC(C)c1nc(Cn2cc(CO)c3cccnc32)cs1. The summed E-state index contributed by atoms with van der Waals surface area (Å²) >= 11 is 1.70. The molecule has 0 unspecified atom stereocenters. The van der Waals surface area contributed by atoms with Crippen molar-refractivity contribution in [2.75, 3.05) is 0 Å². The zero-order chi connectivity index (χ0) is 14.1. The minimum atomic E-state index is 0.0313. The summed E-state index contributed by atoms with van der Waals surface area (Å²) in [5, 5.41) is 13.7. The summed E-state index contributed by atoms with van der Waals surface area (Å²) in [4.78, 5) is 9.07. The molecule has 0 saturated carbocycles. The van der Waals surface area contributed by atoms with Crippen molar-refractivity contribution in [3.8, 4) is 0 Å². The van der Waals surface area contributed by atoms with Crippen LogP contribution >= 0.6 is 11.3 Å². The fourth-order valence-electron chi connectivity index (χ4n) is 2.28. The molecule has 0 atom stereocenters. The van der Waals surface area contributed by atoms with Gasteiger partial charge in [0.2, 0.25) is 0 Å². The molecule has 3 heterocycles. The Balaban J connectivity index is 1.97. The second-order valence-electron chi connectivity index (χ2n) is 5.15. The van der Waals surface area contributed by atoms with Crippen LogP contribution in [0.15, 0.2) is 29.9 Å². The average Bonchev–Trinajstić information content (AvgIpc) is 3.05. The standard InChI is InChI=1S/C15H17N3OS/c1-10(2)15-17-12(9-20-15)7-18-6-11(8-19)13-4-3-5-16-14(13)18/h3-6,9-10,19H,7-8H2,1-2H3. The molecular weight excluding hydrogens is 270 g/mol. The number of thiazole rings is 1. The van der Waals surface area contributed by atoms with Crippen LogP contribution in [-0.4, -0.2) is 19.6 Å². The van der Waals surface area contributed by atoms with Crippen molar-refractivity contribution in [1.82, 2.24) is 14.5 Å². The van der Waals surface area contributed by atoms with E-state index in [4.69, 9.17) is 0 Å². The number of fused-ring (bicyclic) bond motifs is 1. The van der Waals surface area contributed by atoms with Crippen LogP contribution in [0.5, 0.6) is 0 Å². The average molecular weight is 287 g/mol. The molecule has 0 spiro atoms. The molecule has 0 aliphatic rings. The number of aliphatic hydroxyl groups excluding tert-OH is 1. The third-order valence-electron chi connectivity index (χ3n) is 3.28. The van der Waals surface area contributed by atoms with Crippen LogP contribution in [0.3, 0.4) is 0 Å². The Bertz CT molecular complexity index is 730. The highest BCUT2D eigenvalue weighted by atomic mass is 32.1. The van der Waals surface area contributed by atoms with Crippen molar-refractivity contribution in [1.29, 1.82) is 0 Å². The second kappa shape index (κ2) is 5.34. The van der Waals surface area contributed by atoms with Gasteiger partial charge in [-0.25, -0.2) is 9.97 Å². The van der Waals surface area contributed by atoms with Crippen LogP contribution < -0.4 is 0 Å². The quantitative estimate of drug-likeness (QED) is 0.802. The van der Waals surface area contributed by atoms with Crippen molar-refractivity contribution in [3.63, 3.8) is 0 Å². The Morgan fingerprint density at radius 1 is 1.40 bits per heavy atom. The Morgan fingerprint density at radius 2 is 2.25 bits per heavy atom. The van der Waals surface area contributed by atoms with Gasteiger partial charge in [0.25, 0.3) is 0 Å². The highest BCUT2D eigenvalue weighted by Crippen LogP contribution is 2.23. The van der Waals surface area contributed by atoms with E-state index in [0.29, 0.717) is 12.5 Å². The van der Waals surface area contributed by atoms with Gasteiger partial charge in [0.1, 0.15) is 5.65 Å². The summed E-state index contributed by atoms with van der Waals surface area (Å²) in [6.45, 7) is 5.03. The van der Waals surface area contributed by atoms with Gasteiger partial charge in [0.15, 0.2) is 0 Å². The third-order valence-corrected chi connectivity index (χ3v) is 4.48. The van der Waals surface area contributed by atoms with Gasteiger partial charge < -0.3 is 9.67 Å². The Morgan fingerprint density at radius 3 is 2.95 bits per heavy atom. The Labute approximate surface area is 121 Å². The second-order valence-corrected chi connectivity index (χ2v) is 6.04. The molecule has 0 aromatic carbocycles. The minimum Gasteiger partial charge on any atom is -0.392 e. The molecule has 5 heteroatoms. The van der Waals surface area contributed by atoms with Gasteiger partial charge in [-0.2, -0.15) is 0 Å². The van der Waals surface area contributed by atoms with Gasteiger partial charge in [0.05, 0.1) is 23.9 Å². The normalized spacial score (nSPS) is 11.6. The van der Waals surface area contributed by atoms with E-state index in [2.05, 4.69) is 33.8 Å². The van der Waals surface area contributed by atoms with E-state index in [1.54, 1.807) is 17.5 Å². The highest BCUT2D eigenvalue weighted by Gasteiger charge is 2.11. The van der Waals surface area contributed by atoms with E-state index in [1.165, 1.54) is 0 Å². The van der Waals surface area contributed by atoms with Crippen LogP contribution in [0.1, 0.15) is 36.0 Å². The molecule has 104 valence electrons. The summed E-state index contributed by atoms with van der Waals surface area (Å²) in [5.74, 6) is 0.460. The summed E-state index contributed by atoms with van der Waals surface area (Å²) in [5.41, 5.74) is 2.86. The Hall–Kier alpha value is -1.72. The smallest absolute Gasteiger partial charge is 0.140 e. The first kappa shape index (κ1) is 13.3. The zero-order valence-corrected chi connectivity index (χ0v) is 12.4. The van der Waals surface area contributed by atoms with Crippen LogP contribution in [-0.2, 0) is 13.2 Å². The topological polar surface area (TPSA) is 50.9 Å². The molecule has 1 N–H and O–H groups in total. The van der Waals surface area contributed by atoms with Crippen molar-refractivity contribution in [2.24, 2.45) is 0 Å². The summed E-state index contributed by atoms with van der Waals surface area (Å²) in [6, 6.07) is 3.89. The summed E-state index contributed by atoms with van der Waals surface area (Å²) < 4.78 is 2.06. The van der Waals surface area contributed by atoms with E-state index in [9.17, 15) is 5.11 Å². The van der Waals surface area contributed by atoms with E-state index < -0.39 is 0 Å². The molecule has 3 aromatic heterocycles. The predicted molar refractivity (Wildman–Crippen MR) is 81.0 cm³/mol.